The highest BCUT2D eigenvalue weighted by Gasteiger charge is 1.95. The number of nitrogens with one attached hydrogen (secondary N) is 1. The van der Waals surface area contributed by atoms with E-state index in [4.69, 9.17) is 9.47 Å². The number of ether oxygens (including phenoxy) is 2. The van der Waals surface area contributed by atoms with Crippen molar-refractivity contribution >= 4 is 0 Å². The number of rotatable bonds is 8. The molecule has 0 atom stereocenters. The molecule has 0 unspecified atom stereocenters. The third kappa shape index (κ3) is 5.14. The van der Waals surface area contributed by atoms with Crippen LogP contribution in [0.15, 0.2) is 24.3 Å². The van der Waals surface area contributed by atoms with Crippen molar-refractivity contribution in [2.45, 2.75) is 20.0 Å². The molecule has 0 spiro atoms. The third-order valence-electron chi connectivity index (χ3n) is 2.25. The number of benzene rings is 1. The second-order valence-electron chi connectivity index (χ2n) is 3.65. The largest absolute Gasteiger partial charge is 0.497 e. The number of hydrogen-bond donors (Lipinski definition) is 1. The van der Waals surface area contributed by atoms with Gasteiger partial charge in [-0.25, -0.2) is 0 Å². The summed E-state index contributed by atoms with van der Waals surface area (Å²) in [5.74, 6) is 0.880. The van der Waals surface area contributed by atoms with Gasteiger partial charge in [-0.2, -0.15) is 0 Å². The quantitative estimate of drug-likeness (QED) is 0.685. The van der Waals surface area contributed by atoms with Gasteiger partial charge in [0.15, 0.2) is 0 Å². The van der Waals surface area contributed by atoms with Crippen LogP contribution in [0.2, 0.25) is 0 Å². The Morgan fingerprint density at radius 1 is 1.25 bits per heavy atom. The lowest BCUT2D eigenvalue weighted by molar-refractivity contribution is 0.122. The first-order valence-corrected chi connectivity index (χ1v) is 5.78. The molecule has 3 heteroatoms. The van der Waals surface area contributed by atoms with E-state index in [-0.39, 0.29) is 0 Å². The molecule has 3 nitrogen and oxygen atoms in total. The van der Waals surface area contributed by atoms with Crippen LogP contribution in [0.5, 0.6) is 5.75 Å². The van der Waals surface area contributed by atoms with Crippen molar-refractivity contribution in [2.75, 3.05) is 26.8 Å². The Balaban J connectivity index is 2.16. The van der Waals surface area contributed by atoms with E-state index in [1.165, 1.54) is 0 Å². The summed E-state index contributed by atoms with van der Waals surface area (Å²) >= 11 is 0. The van der Waals surface area contributed by atoms with E-state index in [1.54, 1.807) is 7.11 Å². The lowest BCUT2D eigenvalue weighted by Gasteiger charge is -2.06. The molecule has 90 valence electrons. The van der Waals surface area contributed by atoms with E-state index in [0.29, 0.717) is 6.61 Å². The molecule has 1 rings (SSSR count). The predicted molar refractivity (Wildman–Crippen MR) is 65.8 cm³/mol. The summed E-state index contributed by atoms with van der Waals surface area (Å²) in [4.78, 5) is 0. The second-order valence-corrected chi connectivity index (χ2v) is 3.65. The second kappa shape index (κ2) is 8.13. The van der Waals surface area contributed by atoms with Gasteiger partial charge in [-0.1, -0.05) is 19.1 Å². The number of hydrogen-bond acceptors (Lipinski definition) is 3. The Morgan fingerprint density at radius 2 is 2.12 bits per heavy atom. The number of methoxy groups -OCH3 is 1. The van der Waals surface area contributed by atoms with Gasteiger partial charge in [0, 0.05) is 6.54 Å². The van der Waals surface area contributed by atoms with Crippen molar-refractivity contribution in [3.63, 3.8) is 0 Å². The van der Waals surface area contributed by atoms with E-state index in [1.807, 2.05) is 24.3 Å². The molecule has 16 heavy (non-hydrogen) atoms. The molecule has 1 N–H and O–H groups in total. The fourth-order valence-corrected chi connectivity index (χ4v) is 1.40. The van der Waals surface area contributed by atoms with Crippen LogP contribution in [0.3, 0.4) is 0 Å². The Bertz CT molecular complexity index is 289. The minimum Gasteiger partial charge on any atom is -0.497 e. The van der Waals surface area contributed by atoms with Gasteiger partial charge in [0.1, 0.15) is 5.75 Å². The molecular weight excluding hydrogens is 202 g/mol. The molecule has 0 aliphatic rings. The van der Waals surface area contributed by atoms with Crippen LogP contribution < -0.4 is 10.1 Å². The first-order chi connectivity index (χ1) is 7.86. The topological polar surface area (TPSA) is 30.5 Å². The summed E-state index contributed by atoms with van der Waals surface area (Å²) in [6.45, 7) is 5.52. The van der Waals surface area contributed by atoms with Crippen LogP contribution in [0.4, 0.5) is 0 Å². The van der Waals surface area contributed by atoms with Crippen molar-refractivity contribution in [1.29, 1.82) is 0 Å². The van der Waals surface area contributed by atoms with Gasteiger partial charge in [0.25, 0.3) is 0 Å². The fourth-order valence-electron chi connectivity index (χ4n) is 1.40. The molecule has 0 radical (unpaired) electrons. The van der Waals surface area contributed by atoms with Gasteiger partial charge in [0.05, 0.1) is 20.3 Å². The SMILES string of the molecule is CCCNCCOCc1cccc(OC)c1. The molecule has 0 heterocycles. The fraction of sp³-hybridized carbons (Fsp3) is 0.538. The monoisotopic (exact) mass is 223 g/mol. The van der Waals surface area contributed by atoms with Crippen LogP contribution in [0.1, 0.15) is 18.9 Å². The Labute approximate surface area is 97.8 Å². The molecule has 0 aliphatic carbocycles. The van der Waals surface area contributed by atoms with Crippen molar-refractivity contribution < 1.29 is 9.47 Å². The van der Waals surface area contributed by atoms with Crippen LogP contribution in [0.25, 0.3) is 0 Å². The molecule has 0 aromatic heterocycles. The summed E-state index contributed by atoms with van der Waals surface area (Å²) in [5, 5.41) is 3.29. The molecule has 0 amide bonds. The van der Waals surface area contributed by atoms with Crippen LogP contribution in [-0.2, 0) is 11.3 Å². The van der Waals surface area contributed by atoms with Gasteiger partial charge < -0.3 is 14.8 Å². The van der Waals surface area contributed by atoms with Gasteiger partial charge in [0.2, 0.25) is 0 Å². The Hall–Kier alpha value is -1.06. The Kier molecular flexibility index (Phi) is 6.61. The van der Waals surface area contributed by atoms with Crippen LogP contribution in [-0.4, -0.2) is 26.8 Å². The maximum Gasteiger partial charge on any atom is 0.119 e. The zero-order chi connectivity index (χ0) is 11.6. The van der Waals surface area contributed by atoms with Crippen molar-refractivity contribution in [3.05, 3.63) is 29.8 Å². The maximum atomic E-state index is 5.55. The highest BCUT2D eigenvalue weighted by atomic mass is 16.5. The van der Waals surface area contributed by atoms with Gasteiger partial charge in [-0.05, 0) is 30.7 Å². The van der Waals surface area contributed by atoms with Gasteiger partial charge in [-0.3, -0.25) is 0 Å². The molecular formula is C13H21NO2. The predicted octanol–water partition coefficient (Wildman–Crippen LogP) is 2.21. The van der Waals surface area contributed by atoms with E-state index >= 15 is 0 Å². The van der Waals surface area contributed by atoms with Crippen LogP contribution in [0, 0.1) is 0 Å². The van der Waals surface area contributed by atoms with Crippen molar-refractivity contribution in [2.24, 2.45) is 0 Å². The highest BCUT2D eigenvalue weighted by Crippen LogP contribution is 2.12. The molecule has 0 bridgehead atoms. The molecule has 0 saturated carbocycles. The lowest BCUT2D eigenvalue weighted by atomic mass is 10.2. The van der Waals surface area contributed by atoms with Crippen LogP contribution >= 0.6 is 0 Å². The first kappa shape index (κ1) is 13.0. The highest BCUT2D eigenvalue weighted by molar-refractivity contribution is 5.27. The normalized spacial score (nSPS) is 10.4. The lowest BCUT2D eigenvalue weighted by Crippen LogP contribution is -2.20. The summed E-state index contributed by atoms with van der Waals surface area (Å²) in [6, 6.07) is 7.96. The summed E-state index contributed by atoms with van der Waals surface area (Å²) in [5.41, 5.74) is 1.15. The minimum absolute atomic E-state index is 0.644. The third-order valence-corrected chi connectivity index (χ3v) is 2.25. The summed E-state index contributed by atoms with van der Waals surface area (Å²) < 4.78 is 10.7. The molecule has 0 fully saturated rings. The summed E-state index contributed by atoms with van der Waals surface area (Å²) in [7, 11) is 1.68. The zero-order valence-electron chi connectivity index (χ0n) is 10.2. The molecule has 0 saturated heterocycles. The maximum absolute atomic E-state index is 5.55. The molecule has 1 aromatic carbocycles. The first-order valence-electron chi connectivity index (χ1n) is 5.78. The zero-order valence-corrected chi connectivity index (χ0v) is 10.2. The molecule has 0 aliphatic heterocycles. The summed E-state index contributed by atoms with van der Waals surface area (Å²) in [6.07, 6.45) is 1.16. The van der Waals surface area contributed by atoms with Gasteiger partial charge in [-0.15, -0.1) is 0 Å². The Morgan fingerprint density at radius 3 is 2.88 bits per heavy atom. The van der Waals surface area contributed by atoms with E-state index in [0.717, 1.165) is 37.4 Å². The average molecular weight is 223 g/mol. The van der Waals surface area contributed by atoms with E-state index < -0.39 is 0 Å². The minimum atomic E-state index is 0.644. The van der Waals surface area contributed by atoms with Crippen molar-refractivity contribution in [3.8, 4) is 5.75 Å². The molecule has 1 aromatic rings. The standard InChI is InChI=1S/C13H21NO2/c1-3-7-14-8-9-16-11-12-5-4-6-13(10-12)15-2/h4-6,10,14H,3,7-9,11H2,1-2H3. The van der Waals surface area contributed by atoms with E-state index in [9.17, 15) is 0 Å². The average Bonchev–Trinajstić information content (AvgIpc) is 2.34. The van der Waals surface area contributed by atoms with E-state index in [2.05, 4.69) is 12.2 Å². The smallest absolute Gasteiger partial charge is 0.119 e. The van der Waals surface area contributed by atoms with Gasteiger partial charge >= 0.3 is 0 Å². The van der Waals surface area contributed by atoms with Crippen molar-refractivity contribution in [1.82, 2.24) is 5.32 Å².